The molecule has 2 fully saturated rings. The third-order valence-electron chi connectivity index (χ3n) is 4.07. The van der Waals surface area contributed by atoms with Crippen LogP contribution in [0.4, 0.5) is 0 Å². The summed E-state index contributed by atoms with van der Waals surface area (Å²) in [5.74, 6) is 0.484. The summed E-state index contributed by atoms with van der Waals surface area (Å²) in [7, 11) is 0. The Balaban J connectivity index is 1.93. The van der Waals surface area contributed by atoms with E-state index in [0.717, 1.165) is 39.0 Å². The fraction of sp³-hybridized carbons (Fsp3) is 0.857. The van der Waals surface area contributed by atoms with Crippen LogP contribution in [0.1, 0.15) is 39.5 Å². The van der Waals surface area contributed by atoms with Crippen molar-refractivity contribution in [2.75, 3.05) is 26.2 Å². The number of amides is 2. The third kappa shape index (κ3) is 3.03. The highest BCUT2D eigenvalue weighted by Gasteiger charge is 2.31. The lowest BCUT2D eigenvalue weighted by atomic mass is 9.99. The number of hydrogen-bond donors (Lipinski definition) is 0. The summed E-state index contributed by atoms with van der Waals surface area (Å²) in [4.78, 5) is 27.9. The summed E-state index contributed by atoms with van der Waals surface area (Å²) in [5, 5.41) is 0. The van der Waals surface area contributed by atoms with E-state index >= 15 is 0 Å². The highest BCUT2D eigenvalue weighted by molar-refractivity contribution is 6.34. The van der Waals surface area contributed by atoms with Gasteiger partial charge in [0.2, 0.25) is 0 Å². The second-order valence-electron chi connectivity index (χ2n) is 6.00. The zero-order chi connectivity index (χ0) is 13.1. The smallest absolute Gasteiger partial charge is 0.312 e. The molecule has 0 saturated carbocycles. The van der Waals surface area contributed by atoms with Gasteiger partial charge in [0.25, 0.3) is 0 Å². The molecule has 0 aromatic rings. The maximum Gasteiger partial charge on any atom is 0.312 e. The van der Waals surface area contributed by atoms with Crippen LogP contribution in [0.3, 0.4) is 0 Å². The molecule has 0 bridgehead atoms. The van der Waals surface area contributed by atoms with Crippen LogP contribution < -0.4 is 0 Å². The molecule has 2 heterocycles. The van der Waals surface area contributed by atoms with Crippen LogP contribution in [0.25, 0.3) is 0 Å². The second-order valence-corrected chi connectivity index (χ2v) is 6.00. The molecule has 4 nitrogen and oxygen atoms in total. The highest BCUT2D eigenvalue weighted by Crippen LogP contribution is 2.18. The molecule has 0 N–H and O–H groups in total. The molecule has 4 heteroatoms. The van der Waals surface area contributed by atoms with E-state index in [1.165, 1.54) is 12.8 Å². The molecule has 0 aliphatic carbocycles. The van der Waals surface area contributed by atoms with Crippen molar-refractivity contribution in [3.8, 4) is 0 Å². The summed E-state index contributed by atoms with van der Waals surface area (Å²) in [6.45, 7) is 7.28. The van der Waals surface area contributed by atoms with Gasteiger partial charge in [0, 0.05) is 26.2 Å². The maximum absolute atomic E-state index is 12.2. The molecule has 2 aliphatic rings. The van der Waals surface area contributed by atoms with E-state index in [1.54, 1.807) is 9.80 Å². The lowest BCUT2D eigenvalue weighted by molar-refractivity contribution is -0.153. The fourth-order valence-corrected chi connectivity index (χ4v) is 3.02. The van der Waals surface area contributed by atoms with E-state index in [9.17, 15) is 9.59 Å². The summed E-state index contributed by atoms with van der Waals surface area (Å²) in [5.41, 5.74) is 0. The number of nitrogens with zero attached hydrogens (tertiary/aromatic N) is 2. The topological polar surface area (TPSA) is 40.6 Å². The largest absolute Gasteiger partial charge is 0.334 e. The Bertz CT molecular complexity index is 298. The van der Waals surface area contributed by atoms with Crippen molar-refractivity contribution >= 4 is 11.8 Å². The van der Waals surface area contributed by atoms with E-state index in [1.807, 2.05) is 0 Å². The van der Waals surface area contributed by atoms with Gasteiger partial charge in [0.05, 0.1) is 0 Å². The molecular formula is C14H24N2O2. The number of likely N-dealkylation sites (tertiary alicyclic amines) is 2. The van der Waals surface area contributed by atoms with Crippen LogP contribution in [0.5, 0.6) is 0 Å². The first-order valence-corrected chi connectivity index (χ1v) is 7.16. The van der Waals surface area contributed by atoms with Crippen LogP contribution in [-0.2, 0) is 9.59 Å². The van der Waals surface area contributed by atoms with E-state index in [4.69, 9.17) is 0 Å². The molecule has 0 aromatic heterocycles. The molecule has 0 radical (unpaired) electrons. The van der Waals surface area contributed by atoms with Gasteiger partial charge in [-0.05, 0) is 37.5 Å². The van der Waals surface area contributed by atoms with Gasteiger partial charge >= 0.3 is 11.8 Å². The molecule has 2 amide bonds. The van der Waals surface area contributed by atoms with E-state index < -0.39 is 0 Å². The van der Waals surface area contributed by atoms with Crippen LogP contribution in [0.15, 0.2) is 0 Å². The summed E-state index contributed by atoms with van der Waals surface area (Å²) in [6, 6.07) is 0. The van der Waals surface area contributed by atoms with Gasteiger partial charge in [-0.25, -0.2) is 0 Å². The minimum atomic E-state index is -0.282. The monoisotopic (exact) mass is 252 g/mol. The molecule has 102 valence electrons. The lowest BCUT2D eigenvalue weighted by Gasteiger charge is -2.34. The Labute approximate surface area is 109 Å². The van der Waals surface area contributed by atoms with Gasteiger partial charge in [-0.2, -0.15) is 0 Å². The SMILES string of the molecule is CC1CCCN(C(=O)C(=O)N2CCCC(C)C2)C1. The Kier molecular flexibility index (Phi) is 4.25. The van der Waals surface area contributed by atoms with Crippen LogP contribution in [0, 0.1) is 11.8 Å². The van der Waals surface area contributed by atoms with E-state index in [2.05, 4.69) is 13.8 Å². The lowest BCUT2D eigenvalue weighted by Crippen LogP contribution is -2.50. The standard InChI is InChI=1S/C14H24N2O2/c1-11-5-3-7-15(9-11)13(17)14(18)16-8-4-6-12(2)10-16/h11-12H,3-10H2,1-2H3. The van der Waals surface area contributed by atoms with Crippen LogP contribution >= 0.6 is 0 Å². The molecule has 2 unspecified atom stereocenters. The summed E-state index contributed by atoms with van der Waals surface area (Å²) < 4.78 is 0. The van der Waals surface area contributed by atoms with Gasteiger partial charge in [-0.3, -0.25) is 9.59 Å². The highest BCUT2D eigenvalue weighted by atomic mass is 16.2. The van der Waals surface area contributed by atoms with Crippen molar-refractivity contribution in [1.29, 1.82) is 0 Å². The average molecular weight is 252 g/mol. The van der Waals surface area contributed by atoms with Gasteiger partial charge in [-0.15, -0.1) is 0 Å². The van der Waals surface area contributed by atoms with Gasteiger partial charge < -0.3 is 9.80 Å². The van der Waals surface area contributed by atoms with Crippen LogP contribution in [0.2, 0.25) is 0 Å². The molecule has 0 spiro atoms. The van der Waals surface area contributed by atoms with E-state index in [0.29, 0.717) is 11.8 Å². The Morgan fingerprint density at radius 3 is 1.56 bits per heavy atom. The molecule has 0 aromatic carbocycles. The number of carbonyl (C=O) groups excluding carboxylic acids is 2. The van der Waals surface area contributed by atoms with E-state index in [-0.39, 0.29) is 11.8 Å². The van der Waals surface area contributed by atoms with Gasteiger partial charge in [0.1, 0.15) is 0 Å². The Hall–Kier alpha value is -1.06. The molecule has 2 aliphatic heterocycles. The van der Waals surface area contributed by atoms with Crippen molar-refractivity contribution in [3.63, 3.8) is 0 Å². The average Bonchev–Trinajstić information content (AvgIpc) is 2.37. The second kappa shape index (κ2) is 5.72. The number of hydrogen-bond acceptors (Lipinski definition) is 2. The van der Waals surface area contributed by atoms with Crippen molar-refractivity contribution in [1.82, 2.24) is 9.80 Å². The minimum absolute atomic E-state index is 0.282. The molecule has 2 rings (SSSR count). The first-order chi connectivity index (χ1) is 8.58. The van der Waals surface area contributed by atoms with Crippen molar-refractivity contribution in [2.24, 2.45) is 11.8 Å². The zero-order valence-corrected chi connectivity index (χ0v) is 11.5. The predicted octanol–water partition coefficient (Wildman–Crippen LogP) is 1.50. The van der Waals surface area contributed by atoms with Crippen molar-refractivity contribution in [3.05, 3.63) is 0 Å². The maximum atomic E-state index is 12.2. The van der Waals surface area contributed by atoms with Gasteiger partial charge in [0.15, 0.2) is 0 Å². The third-order valence-corrected chi connectivity index (χ3v) is 4.07. The molecular weight excluding hydrogens is 228 g/mol. The molecule has 18 heavy (non-hydrogen) atoms. The van der Waals surface area contributed by atoms with Crippen molar-refractivity contribution < 1.29 is 9.59 Å². The number of piperidine rings is 2. The Morgan fingerprint density at radius 1 is 0.833 bits per heavy atom. The van der Waals surface area contributed by atoms with Gasteiger partial charge in [-0.1, -0.05) is 13.8 Å². The fourth-order valence-electron chi connectivity index (χ4n) is 3.02. The Morgan fingerprint density at radius 2 is 1.22 bits per heavy atom. The summed E-state index contributed by atoms with van der Waals surface area (Å²) in [6.07, 6.45) is 4.38. The predicted molar refractivity (Wildman–Crippen MR) is 70.0 cm³/mol. The zero-order valence-electron chi connectivity index (χ0n) is 11.5. The number of carbonyl (C=O) groups is 2. The molecule has 2 atom stereocenters. The number of rotatable bonds is 0. The normalized spacial score (nSPS) is 29.2. The van der Waals surface area contributed by atoms with Crippen molar-refractivity contribution in [2.45, 2.75) is 39.5 Å². The first-order valence-electron chi connectivity index (χ1n) is 7.16. The quantitative estimate of drug-likeness (QED) is 0.613. The van der Waals surface area contributed by atoms with Crippen LogP contribution in [-0.4, -0.2) is 47.8 Å². The minimum Gasteiger partial charge on any atom is -0.334 e. The first kappa shape index (κ1) is 13.4. The summed E-state index contributed by atoms with van der Waals surface area (Å²) >= 11 is 0. The molecule has 2 saturated heterocycles.